The molecule has 1 aromatic heterocycles. The van der Waals surface area contributed by atoms with Crippen molar-refractivity contribution in [2.45, 2.75) is 32.6 Å². The number of aliphatic imine (C=N–C) groups is 1. The van der Waals surface area contributed by atoms with Crippen LogP contribution in [0.25, 0.3) is 10.9 Å². The van der Waals surface area contributed by atoms with Crippen LogP contribution >= 0.6 is 0 Å². The van der Waals surface area contributed by atoms with E-state index in [0.29, 0.717) is 5.92 Å². The van der Waals surface area contributed by atoms with Crippen LogP contribution in [0.4, 0.5) is 5.69 Å². The van der Waals surface area contributed by atoms with Crippen LogP contribution in [0, 0.1) is 12.8 Å². The largest absolute Gasteiger partial charge is 0.387 e. The SMILES string of the molecule is Cc1ccc2cccc(N=C(N)C3CCCC3)c2n1. The molecule has 3 rings (SSSR count). The van der Waals surface area contributed by atoms with E-state index >= 15 is 0 Å². The van der Waals surface area contributed by atoms with Gasteiger partial charge in [-0.15, -0.1) is 0 Å². The summed E-state index contributed by atoms with van der Waals surface area (Å²) in [6.07, 6.45) is 4.89. The molecule has 1 saturated carbocycles. The zero-order valence-corrected chi connectivity index (χ0v) is 11.3. The summed E-state index contributed by atoms with van der Waals surface area (Å²) in [6.45, 7) is 2.00. The smallest absolute Gasteiger partial charge is 0.103 e. The molecule has 0 unspecified atom stereocenters. The van der Waals surface area contributed by atoms with Gasteiger partial charge in [-0.3, -0.25) is 4.98 Å². The van der Waals surface area contributed by atoms with Gasteiger partial charge in [-0.25, -0.2) is 4.99 Å². The fourth-order valence-electron chi connectivity index (χ4n) is 2.77. The highest BCUT2D eigenvalue weighted by Crippen LogP contribution is 2.28. The average molecular weight is 253 g/mol. The van der Waals surface area contributed by atoms with E-state index in [2.05, 4.69) is 22.1 Å². The predicted molar refractivity (Wildman–Crippen MR) is 79.7 cm³/mol. The van der Waals surface area contributed by atoms with Gasteiger partial charge in [0.05, 0.1) is 11.2 Å². The van der Waals surface area contributed by atoms with Gasteiger partial charge in [-0.05, 0) is 31.9 Å². The number of nitrogens with two attached hydrogens (primary N) is 1. The molecular weight excluding hydrogens is 234 g/mol. The first-order valence-corrected chi connectivity index (χ1v) is 6.94. The molecule has 0 bridgehead atoms. The molecule has 1 aliphatic carbocycles. The van der Waals surface area contributed by atoms with Crippen molar-refractivity contribution in [2.75, 3.05) is 0 Å². The molecule has 3 heteroatoms. The van der Waals surface area contributed by atoms with Gasteiger partial charge >= 0.3 is 0 Å². The van der Waals surface area contributed by atoms with Crippen molar-refractivity contribution in [1.29, 1.82) is 0 Å². The Balaban J connectivity index is 2.04. The maximum atomic E-state index is 6.16. The first-order chi connectivity index (χ1) is 9.24. The molecule has 2 aromatic rings. The number of hydrogen-bond donors (Lipinski definition) is 1. The highest BCUT2D eigenvalue weighted by atomic mass is 14.9. The summed E-state index contributed by atoms with van der Waals surface area (Å²) in [7, 11) is 0. The molecule has 2 N–H and O–H groups in total. The van der Waals surface area contributed by atoms with Crippen molar-refractivity contribution in [1.82, 2.24) is 4.98 Å². The zero-order chi connectivity index (χ0) is 13.2. The number of benzene rings is 1. The van der Waals surface area contributed by atoms with Crippen LogP contribution in [0.5, 0.6) is 0 Å². The molecule has 3 nitrogen and oxygen atoms in total. The minimum Gasteiger partial charge on any atom is -0.387 e. The van der Waals surface area contributed by atoms with Crippen molar-refractivity contribution in [3.63, 3.8) is 0 Å². The molecule has 0 aliphatic heterocycles. The van der Waals surface area contributed by atoms with Gasteiger partial charge in [0.15, 0.2) is 0 Å². The quantitative estimate of drug-likeness (QED) is 0.655. The van der Waals surface area contributed by atoms with Crippen molar-refractivity contribution in [3.05, 3.63) is 36.0 Å². The Morgan fingerprint density at radius 1 is 1.21 bits per heavy atom. The normalized spacial score (nSPS) is 17.2. The average Bonchev–Trinajstić information content (AvgIpc) is 2.93. The van der Waals surface area contributed by atoms with Crippen LogP contribution in [0.1, 0.15) is 31.4 Å². The fourth-order valence-corrected chi connectivity index (χ4v) is 2.77. The Bertz CT molecular complexity index is 625. The molecule has 0 saturated heterocycles. The van der Waals surface area contributed by atoms with Crippen LogP contribution in [-0.4, -0.2) is 10.8 Å². The maximum Gasteiger partial charge on any atom is 0.103 e. The van der Waals surface area contributed by atoms with Crippen molar-refractivity contribution in [3.8, 4) is 0 Å². The van der Waals surface area contributed by atoms with Crippen LogP contribution in [0.2, 0.25) is 0 Å². The van der Waals surface area contributed by atoms with Crippen molar-refractivity contribution >= 4 is 22.4 Å². The van der Waals surface area contributed by atoms with E-state index in [1.54, 1.807) is 0 Å². The van der Waals surface area contributed by atoms with Crippen LogP contribution in [-0.2, 0) is 0 Å². The summed E-state index contributed by atoms with van der Waals surface area (Å²) in [5.74, 6) is 1.23. The molecule has 1 aliphatic rings. The summed E-state index contributed by atoms with van der Waals surface area (Å²) in [5, 5.41) is 1.12. The van der Waals surface area contributed by atoms with Crippen molar-refractivity contribution in [2.24, 2.45) is 16.6 Å². The molecule has 0 amide bonds. The highest BCUT2D eigenvalue weighted by Gasteiger charge is 2.18. The Morgan fingerprint density at radius 2 is 2.00 bits per heavy atom. The van der Waals surface area contributed by atoms with Gasteiger partial charge in [0, 0.05) is 17.0 Å². The number of amidine groups is 1. The second-order valence-corrected chi connectivity index (χ2v) is 5.32. The Morgan fingerprint density at radius 3 is 2.79 bits per heavy atom. The van der Waals surface area contributed by atoms with E-state index in [0.717, 1.165) is 28.1 Å². The zero-order valence-electron chi connectivity index (χ0n) is 11.3. The molecule has 1 heterocycles. The molecule has 0 spiro atoms. The lowest BCUT2D eigenvalue weighted by Gasteiger charge is -2.09. The Labute approximate surface area is 113 Å². The van der Waals surface area contributed by atoms with Gasteiger partial charge in [-0.1, -0.05) is 31.0 Å². The minimum absolute atomic E-state index is 0.458. The van der Waals surface area contributed by atoms with Gasteiger partial charge in [0.25, 0.3) is 0 Å². The lowest BCUT2D eigenvalue weighted by molar-refractivity contribution is 0.722. The third kappa shape index (κ3) is 2.46. The first kappa shape index (κ1) is 12.2. The number of fused-ring (bicyclic) bond motifs is 1. The maximum absolute atomic E-state index is 6.16. The monoisotopic (exact) mass is 253 g/mol. The Hall–Kier alpha value is -1.90. The van der Waals surface area contributed by atoms with E-state index in [-0.39, 0.29) is 0 Å². The van der Waals surface area contributed by atoms with Gasteiger partial charge in [0.2, 0.25) is 0 Å². The molecular formula is C16H19N3. The summed E-state index contributed by atoms with van der Waals surface area (Å²) >= 11 is 0. The number of aromatic nitrogens is 1. The number of nitrogens with zero attached hydrogens (tertiary/aromatic N) is 2. The van der Waals surface area contributed by atoms with Gasteiger partial charge in [0.1, 0.15) is 5.84 Å². The summed E-state index contributed by atoms with van der Waals surface area (Å²) in [5.41, 5.74) is 9.01. The molecule has 19 heavy (non-hydrogen) atoms. The first-order valence-electron chi connectivity index (χ1n) is 6.94. The fraction of sp³-hybridized carbons (Fsp3) is 0.375. The highest BCUT2D eigenvalue weighted by molar-refractivity contribution is 5.94. The Kier molecular flexibility index (Phi) is 3.20. The molecule has 98 valence electrons. The molecule has 0 radical (unpaired) electrons. The third-order valence-electron chi connectivity index (χ3n) is 3.86. The molecule has 1 aromatic carbocycles. The predicted octanol–water partition coefficient (Wildman–Crippen LogP) is 3.72. The second kappa shape index (κ2) is 5.00. The van der Waals surface area contributed by atoms with Crippen LogP contribution in [0.3, 0.4) is 0 Å². The van der Waals surface area contributed by atoms with E-state index < -0.39 is 0 Å². The van der Waals surface area contributed by atoms with Gasteiger partial charge in [-0.2, -0.15) is 0 Å². The number of para-hydroxylation sites is 1. The lowest BCUT2D eigenvalue weighted by atomic mass is 10.1. The summed E-state index contributed by atoms with van der Waals surface area (Å²) < 4.78 is 0. The lowest BCUT2D eigenvalue weighted by Crippen LogP contribution is -2.20. The minimum atomic E-state index is 0.458. The van der Waals surface area contributed by atoms with Crippen molar-refractivity contribution < 1.29 is 0 Å². The standard InChI is InChI=1S/C16H19N3/c1-11-9-10-12-7-4-8-14(15(12)18-11)19-16(17)13-5-2-3-6-13/h4,7-10,13H,2-3,5-6H2,1H3,(H2,17,19). The van der Waals surface area contributed by atoms with Crippen LogP contribution < -0.4 is 5.73 Å². The topological polar surface area (TPSA) is 51.3 Å². The van der Waals surface area contributed by atoms with E-state index in [1.165, 1.54) is 25.7 Å². The summed E-state index contributed by atoms with van der Waals surface area (Å²) in [6, 6.07) is 10.2. The summed E-state index contributed by atoms with van der Waals surface area (Å²) in [4.78, 5) is 9.23. The number of hydrogen-bond acceptors (Lipinski definition) is 2. The van der Waals surface area contributed by atoms with Gasteiger partial charge < -0.3 is 5.73 Å². The number of aryl methyl sites for hydroxylation is 1. The second-order valence-electron chi connectivity index (χ2n) is 5.32. The third-order valence-corrected chi connectivity index (χ3v) is 3.86. The van der Waals surface area contributed by atoms with E-state index in [9.17, 15) is 0 Å². The van der Waals surface area contributed by atoms with E-state index in [1.807, 2.05) is 25.1 Å². The molecule has 1 fully saturated rings. The van der Waals surface area contributed by atoms with Crippen LogP contribution in [0.15, 0.2) is 35.3 Å². The molecule has 0 atom stereocenters. The number of pyridine rings is 1. The number of rotatable bonds is 2. The van der Waals surface area contributed by atoms with E-state index in [4.69, 9.17) is 5.73 Å².